The van der Waals surface area contributed by atoms with Crippen LogP contribution in [-0.4, -0.2) is 24.9 Å². The van der Waals surface area contributed by atoms with Crippen LogP contribution < -0.4 is 5.73 Å². The molecule has 0 heterocycles. The van der Waals surface area contributed by atoms with E-state index in [1.54, 1.807) is 11.8 Å². The molecular formula is C17H20ClNO2S. The van der Waals surface area contributed by atoms with Gasteiger partial charge in [-0.2, -0.15) is 0 Å². The second-order valence-electron chi connectivity index (χ2n) is 4.66. The van der Waals surface area contributed by atoms with E-state index in [2.05, 4.69) is 29.0 Å². The Balaban J connectivity index is 0.00000242. The number of hydrogen-bond acceptors (Lipinski definition) is 4. The van der Waals surface area contributed by atoms with Crippen molar-refractivity contribution >= 4 is 30.1 Å². The van der Waals surface area contributed by atoms with E-state index in [0.717, 1.165) is 0 Å². The van der Waals surface area contributed by atoms with Crippen LogP contribution in [0.3, 0.4) is 0 Å². The summed E-state index contributed by atoms with van der Waals surface area (Å²) in [5.41, 5.74) is 8.24. The van der Waals surface area contributed by atoms with Crippen molar-refractivity contribution in [3.8, 4) is 0 Å². The number of carbonyl (C=O) groups excluding carboxylic acids is 1. The minimum absolute atomic E-state index is 0. The first-order valence-electron chi connectivity index (χ1n) is 6.77. The third-order valence-corrected chi connectivity index (χ3v) is 4.58. The standard InChI is InChI=1S/C17H19NO2S.ClH/c1-20-17(19)15(18)12-21-16(13-8-4-2-5-9-13)14-10-6-3-7-11-14;/h2-11,15-16H,12,18H2,1H3;1H. The Labute approximate surface area is 141 Å². The summed E-state index contributed by atoms with van der Waals surface area (Å²) in [6, 6.07) is 19.8. The Morgan fingerprint density at radius 3 is 1.91 bits per heavy atom. The van der Waals surface area contributed by atoms with Gasteiger partial charge in [-0.05, 0) is 11.1 Å². The third-order valence-electron chi connectivity index (χ3n) is 3.15. The zero-order valence-corrected chi connectivity index (χ0v) is 14.0. The molecule has 3 nitrogen and oxygen atoms in total. The summed E-state index contributed by atoms with van der Waals surface area (Å²) in [5.74, 6) is 0.142. The van der Waals surface area contributed by atoms with Crippen LogP contribution in [0.4, 0.5) is 0 Å². The van der Waals surface area contributed by atoms with E-state index in [1.165, 1.54) is 18.2 Å². The number of methoxy groups -OCH3 is 1. The molecule has 22 heavy (non-hydrogen) atoms. The van der Waals surface area contributed by atoms with Gasteiger partial charge in [0.25, 0.3) is 0 Å². The second-order valence-corrected chi connectivity index (χ2v) is 5.80. The summed E-state index contributed by atoms with van der Waals surface area (Å²) < 4.78 is 4.68. The van der Waals surface area contributed by atoms with Crippen molar-refractivity contribution in [1.29, 1.82) is 0 Å². The number of esters is 1. The molecule has 0 spiro atoms. The molecule has 2 N–H and O–H groups in total. The number of nitrogens with two attached hydrogens (primary N) is 1. The Bertz CT molecular complexity index is 526. The van der Waals surface area contributed by atoms with Crippen LogP contribution in [0.5, 0.6) is 0 Å². The fourth-order valence-corrected chi connectivity index (χ4v) is 3.29. The van der Waals surface area contributed by atoms with Crippen LogP contribution in [0.1, 0.15) is 16.4 Å². The van der Waals surface area contributed by atoms with Crippen molar-refractivity contribution in [3.05, 3.63) is 71.8 Å². The summed E-state index contributed by atoms with van der Waals surface area (Å²) in [7, 11) is 1.36. The zero-order chi connectivity index (χ0) is 15.1. The van der Waals surface area contributed by atoms with Crippen molar-refractivity contribution in [2.45, 2.75) is 11.3 Å². The molecule has 2 aromatic rings. The maximum Gasteiger partial charge on any atom is 0.323 e. The van der Waals surface area contributed by atoms with E-state index in [4.69, 9.17) is 5.73 Å². The highest BCUT2D eigenvalue weighted by Gasteiger charge is 2.19. The van der Waals surface area contributed by atoms with Crippen LogP contribution >= 0.6 is 24.2 Å². The summed E-state index contributed by atoms with van der Waals surface area (Å²) >= 11 is 1.65. The molecule has 0 aliphatic heterocycles. The molecule has 0 radical (unpaired) electrons. The second kappa shape index (κ2) is 9.51. The Kier molecular flexibility index (Phi) is 8.02. The van der Waals surface area contributed by atoms with Gasteiger partial charge in [0.15, 0.2) is 0 Å². The number of ether oxygens (including phenoxy) is 1. The van der Waals surface area contributed by atoms with Crippen LogP contribution in [0.2, 0.25) is 0 Å². The summed E-state index contributed by atoms with van der Waals surface area (Å²) in [6.45, 7) is 0. The summed E-state index contributed by atoms with van der Waals surface area (Å²) in [6.07, 6.45) is 0. The van der Waals surface area contributed by atoms with Crippen molar-refractivity contribution in [2.24, 2.45) is 5.73 Å². The minimum atomic E-state index is -0.602. The van der Waals surface area contributed by atoms with Gasteiger partial charge < -0.3 is 10.5 Å². The van der Waals surface area contributed by atoms with Crippen LogP contribution in [0.15, 0.2) is 60.7 Å². The molecule has 0 saturated heterocycles. The molecule has 0 aliphatic rings. The number of hydrogen-bond donors (Lipinski definition) is 1. The van der Waals surface area contributed by atoms with Gasteiger partial charge in [-0.15, -0.1) is 24.2 Å². The van der Waals surface area contributed by atoms with Gasteiger partial charge >= 0.3 is 5.97 Å². The van der Waals surface area contributed by atoms with E-state index in [9.17, 15) is 4.79 Å². The average molecular weight is 338 g/mol. The van der Waals surface area contributed by atoms with Gasteiger partial charge in [-0.3, -0.25) is 4.79 Å². The van der Waals surface area contributed by atoms with Crippen LogP contribution in [-0.2, 0) is 9.53 Å². The number of halogens is 1. The van der Waals surface area contributed by atoms with E-state index < -0.39 is 6.04 Å². The molecule has 5 heteroatoms. The number of rotatable bonds is 6. The average Bonchev–Trinajstić information content (AvgIpc) is 2.56. The fourth-order valence-electron chi connectivity index (χ4n) is 2.06. The number of carbonyl (C=O) groups is 1. The Morgan fingerprint density at radius 2 is 1.50 bits per heavy atom. The van der Waals surface area contributed by atoms with Gasteiger partial charge in [-0.25, -0.2) is 0 Å². The normalized spacial score (nSPS) is 11.6. The monoisotopic (exact) mass is 337 g/mol. The molecule has 0 fully saturated rings. The number of thioether (sulfide) groups is 1. The molecule has 0 aromatic heterocycles. The molecule has 118 valence electrons. The fraction of sp³-hybridized carbons (Fsp3) is 0.235. The van der Waals surface area contributed by atoms with Crippen molar-refractivity contribution in [1.82, 2.24) is 0 Å². The lowest BCUT2D eigenvalue weighted by atomic mass is 10.0. The Morgan fingerprint density at radius 1 is 1.05 bits per heavy atom. The molecule has 0 amide bonds. The van der Waals surface area contributed by atoms with Crippen molar-refractivity contribution in [3.63, 3.8) is 0 Å². The smallest absolute Gasteiger partial charge is 0.323 e. The predicted octanol–water partition coefficient (Wildman–Crippen LogP) is 3.43. The minimum Gasteiger partial charge on any atom is -0.468 e. The highest BCUT2D eigenvalue weighted by Crippen LogP contribution is 2.35. The lowest BCUT2D eigenvalue weighted by Crippen LogP contribution is -2.34. The first-order valence-corrected chi connectivity index (χ1v) is 7.82. The molecule has 2 aromatic carbocycles. The molecule has 2 rings (SSSR count). The predicted molar refractivity (Wildman–Crippen MR) is 94.4 cm³/mol. The van der Waals surface area contributed by atoms with Crippen molar-refractivity contribution < 1.29 is 9.53 Å². The molecule has 1 unspecified atom stereocenters. The van der Waals surface area contributed by atoms with Crippen LogP contribution in [0, 0.1) is 0 Å². The molecule has 1 atom stereocenters. The molecule has 0 aliphatic carbocycles. The summed E-state index contributed by atoms with van der Waals surface area (Å²) in [4.78, 5) is 11.4. The highest BCUT2D eigenvalue weighted by atomic mass is 35.5. The largest absolute Gasteiger partial charge is 0.468 e. The van der Waals surface area contributed by atoms with Gasteiger partial charge in [0, 0.05) is 5.75 Å². The highest BCUT2D eigenvalue weighted by molar-refractivity contribution is 7.99. The molecule has 0 saturated carbocycles. The maximum atomic E-state index is 11.4. The summed E-state index contributed by atoms with van der Waals surface area (Å²) in [5, 5.41) is 0.156. The topological polar surface area (TPSA) is 52.3 Å². The van der Waals surface area contributed by atoms with Crippen LogP contribution in [0.25, 0.3) is 0 Å². The van der Waals surface area contributed by atoms with Gasteiger partial charge in [0.2, 0.25) is 0 Å². The number of benzene rings is 2. The van der Waals surface area contributed by atoms with E-state index in [1.807, 2.05) is 36.4 Å². The van der Waals surface area contributed by atoms with Gasteiger partial charge in [0.05, 0.1) is 12.4 Å². The lowest BCUT2D eigenvalue weighted by Gasteiger charge is -2.19. The van der Waals surface area contributed by atoms with Gasteiger partial charge in [0.1, 0.15) is 6.04 Å². The van der Waals surface area contributed by atoms with E-state index in [0.29, 0.717) is 5.75 Å². The quantitative estimate of drug-likeness (QED) is 0.820. The SMILES string of the molecule is COC(=O)C(N)CSC(c1ccccc1)c1ccccc1.Cl. The maximum absolute atomic E-state index is 11.4. The molecule has 0 bridgehead atoms. The first-order chi connectivity index (χ1) is 10.2. The Hall–Kier alpha value is -1.49. The molecular weight excluding hydrogens is 318 g/mol. The lowest BCUT2D eigenvalue weighted by molar-refractivity contribution is -0.141. The van der Waals surface area contributed by atoms with E-state index in [-0.39, 0.29) is 23.6 Å². The first kappa shape index (κ1) is 18.6. The zero-order valence-electron chi connectivity index (χ0n) is 12.3. The van der Waals surface area contributed by atoms with Gasteiger partial charge in [-0.1, -0.05) is 60.7 Å². The van der Waals surface area contributed by atoms with Crippen molar-refractivity contribution in [2.75, 3.05) is 12.9 Å². The van der Waals surface area contributed by atoms with E-state index >= 15 is 0 Å². The third kappa shape index (κ3) is 5.05.